The molecule has 1 aliphatic rings. The number of carbonyl (C=O) groups is 2. The van der Waals surface area contributed by atoms with Crippen molar-refractivity contribution >= 4 is 44.1 Å². The Bertz CT molecular complexity index is 1630. The van der Waals surface area contributed by atoms with Crippen LogP contribution < -0.4 is 14.4 Å². The minimum Gasteiger partial charge on any atom is -0.507 e. The monoisotopic (exact) mass is 564 g/mol. The van der Waals surface area contributed by atoms with Gasteiger partial charge in [0.1, 0.15) is 17.4 Å². The number of aliphatic hydroxyl groups is 1. The molecule has 206 valence electrons. The molecule has 3 aromatic carbocycles. The first kappa shape index (κ1) is 27.3. The van der Waals surface area contributed by atoms with Gasteiger partial charge in [-0.1, -0.05) is 31.3 Å². The van der Waals surface area contributed by atoms with Gasteiger partial charge in [0.15, 0.2) is 16.6 Å². The number of Topliss-reactive ketones (excluding diaryl/α,β-unsaturated/α-hetero) is 1. The van der Waals surface area contributed by atoms with Crippen LogP contribution in [0.4, 0.5) is 13.9 Å². The fourth-order valence-corrected chi connectivity index (χ4v) is 5.49. The van der Waals surface area contributed by atoms with Crippen LogP contribution in [0.3, 0.4) is 0 Å². The fraction of sp³-hybridized carbons (Fsp3) is 0.233. The molecule has 1 fully saturated rings. The molecule has 0 aliphatic carbocycles. The number of nitrogens with zero attached hydrogens (tertiary/aromatic N) is 2. The lowest BCUT2D eigenvalue weighted by atomic mass is 9.95. The van der Waals surface area contributed by atoms with Gasteiger partial charge in [0.05, 0.1) is 35.5 Å². The lowest BCUT2D eigenvalue weighted by molar-refractivity contribution is -0.132. The van der Waals surface area contributed by atoms with Crippen LogP contribution in [0.1, 0.15) is 37.4 Å². The van der Waals surface area contributed by atoms with E-state index in [9.17, 15) is 23.5 Å². The minimum absolute atomic E-state index is 0.155. The zero-order valence-electron chi connectivity index (χ0n) is 22.0. The van der Waals surface area contributed by atoms with E-state index in [1.165, 1.54) is 42.3 Å². The first-order valence-electron chi connectivity index (χ1n) is 12.6. The highest BCUT2D eigenvalue weighted by atomic mass is 32.1. The largest absolute Gasteiger partial charge is 0.507 e. The summed E-state index contributed by atoms with van der Waals surface area (Å²) < 4.78 is 39.4. The number of aliphatic hydroxyl groups excluding tert-OH is 1. The van der Waals surface area contributed by atoms with Crippen LogP contribution >= 0.6 is 11.3 Å². The predicted octanol–water partition coefficient (Wildman–Crippen LogP) is 6.63. The average Bonchev–Trinajstić information content (AvgIpc) is 3.46. The van der Waals surface area contributed by atoms with Crippen molar-refractivity contribution in [3.05, 3.63) is 89.0 Å². The van der Waals surface area contributed by atoms with E-state index >= 15 is 0 Å². The quantitative estimate of drug-likeness (QED) is 0.147. The third-order valence-electron chi connectivity index (χ3n) is 6.56. The highest BCUT2D eigenvalue weighted by Crippen LogP contribution is 2.46. The summed E-state index contributed by atoms with van der Waals surface area (Å²) in [5.74, 6) is -1.99. The predicted molar refractivity (Wildman–Crippen MR) is 149 cm³/mol. The maximum absolute atomic E-state index is 13.9. The van der Waals surface area contributed by atoms with Crippen LogP contribution in [0.25, 0.3) is 16.0 Å². The molecular formula is C30H26F2N2O5S. The number of halogens is 2. The van der Waals surface area contributed by atoms with E-state index in [0.717, 1.165) is 29.9 Å². The maximum atomic E-state index is 13.9. The van der Waals surface area contributed by atoms with Gasteiger partial charge in [-0.3, -0.25) is 14.5 Å². The normalized spacial score (nSPS) is 16.8. The van der Waals surface area contributed by atoms with Gasteiger partial charge in [-0.05, 0) is 72.5 Å². The molecule has 10 heteroatoms. The molecule has 1 saturated heterocycles. The van der Waals surface area contributed by atoms with Crippen molar-refractivity contribution in [3.8, 4) is 11.5 Å². The Labute approximate surface area is 233 Å². The lowest BCUT2D eigenvalue weighted by Crippen LogP contribution is -2.29. The Morgan fingerprint density at radius 3 is 2.45 bits per heavy atom. The molecule has 4 aromatic rings. The molecule has 1 aromatic heterocycles. The average molecular weight is 565 g/mol. The van der Waals surface area contributed by atoms with E-state index in [2.05, 4.69) is 18.8 Å². The van der Waals surface area contributed by atoms with Crippen molar-refractivity contribution in [2.24, 2.45) is 5.92 Å². The lowest BCUT2D eigenvalue weighted by Gasteiger charge is -2.24. The molecule has 40 heavy (non-hydrogen) atoms. The molecule has 0 saturated carbocycles. The van der Waals surface area contributed by atoms with Gasteiger partial charge in [0.25, 0.3) is 5.78 Å². The van der Waals surface area contributed by atoms with Gasteiger partial charge in [0, 0.05) is 5.56 Å². The number of carbonyl (C=O) groups excluding carboxylic acids is 2. The molecule has 2 heterocycles. The molecule has 0 spiro atoms. The minimum atomic E-state index is -1.10. The molecule has 1 atom stereocenters. The molecule has 1 amide bonds. The zero-order valence-corrected chi connectivity index (χ0v) is 22.8. The SMILES string of the molecule is COc1cc(C2/C(=C(\O)c3ccc(F)cc3)C(=O)C(=O)N2c2nc3ccc(F)cc3s2)ccc1OCCC(C)C. The van der Waals surface area contributed by atoms with E-state index < -0.39 is 35.1 Å². The number of benzene rings is 3. The van der Waals surface area contributed by atoms with Crippen LogP contribution in [-0.2, 0) is 9.59 Å². The van der Waals surface area contributed by atoms with Gasteiger partial charge in [0.2, 0.25) is 0 Å². The molecular weight excluding hydrogens is 538 g/mol. The van der Waals surface area contributed by atoms with Gasteiger partial charge in [-0.25, -0.2) is 13.8 Å². The van der Waals surface area contributed by atoms with Crippen molar-refractivity contribution in [3.63, 3.8) is 0 Å². The number of thiazole rings is 1. The zero-order chi connectivity index (χ0) is 28.6. The second-order valence-corrected chi connectivity index (χ2v) is 10.7. The third kappa shape index (κ3) is 5.14. The summed E-state index contributed by atoms with van der Waals surface area (Å²) in [7, 11) is 1.48. The number of anilines is 1. The first-order valence-corrected chi connectivity index (χ1v) is 13.4. The number of fused-ring (bicyclic) bond motifs is 1. The number of ketones is 1. The Morgan fingerprint density at radius 1 is 1.02 bits per heavy atom. The number of hydrogen-bond acceptors (Lipinski definition) is 7. The second kappa shape index (κ2) is 11.1. The van der Waals surface area contributed by atoms with Crippen molar-refractivity contribution in [2.45, 2.75) is 26.3 Å². The van der Waals surface area contributed by atoms with E-state index in [4.69, 9.17) is 9.47 Å². The van der Waals surface area contributed by atoms with Crippen molar-refractivity contribution in [1.29, 1.82) is 0 Å². The second-order valence-electron chi connectivity index (χ2n) is 9.73. The summed E-state index contributed by atoms with van der Waals surface area (Å²) in [6, 6.07) is 12.9. The molecule has 1 unspecified atom stereocenters. The number of amides is 1. The fourth-order valence-electron chi connectivity index (χ4n) is 4.48. The summed E-state index contributed by atoms with van der Waals surface area (Å²) >= 11 is 1.04. The van der Waals surface area contributed by atoms with Crippen LogP contribution in [0.2, 0.25) is 0 Å². The van der Waals surface area contributed by atoms with Gasteiger partial charge < -0.3 is 14.6 Å². The molecule has 1 N–H and O–H groups in total. The van der Waals surface area contributed by atoms with Gasteiger partial charge in [-0.2, -0.15) is 0 Å². The number of rotatable bonds is 8. The van der Waals surface area contributed by atoms with Crippen LogP contribution in [0, 0.1) is 17.6 Å². The van der Waals surface area contributed by atoms with E-state index in [0.29, 0.717) is 39.8 Å². The van der Waals surface area contributed by atoms with Gasteiger partial charge in [-0.15, -0.1) is 0 Å². The van der Waals surface area contributed by atoms with Crippen LogP contribution in [0.5, 0.6) is 11.5 Å². The Kier molecular flexibility index (Phi) is 7.53. The van der Waals surface area contributed by atoms with E-state index in [1.807, 2.05) is 0 Å². The number of ether oxygens (including phenoxy) is 2. The molecule has 0 bridgehead atoms. The molecule has 0 radical (unpaired) electrons. The number of aromatic nitrogens is 1. The summed E-state index contributed by atoms with van der Waals surface area (Å²) in [6.07, 6.45) is 0.834. The Balaban J connectivity index is 1.66. The number of hydrogen-bond donors (Lipinski definition) is 1. The first-order chi connectivity index (χ1) is 19.2. The Morgan fingerprint density at radius 2 is 1.75 bits per heavy atom. The summed E-state index contributed by atoms with van der Waals surface area (Å²) in [5.41, 5.74) is 0.863. The van der Waals surface area contributed by atoms with Crippen molar-refractivity contribution < 1.29 is 33.0 Å². The highest BCUT2D eigenvalue weighted by molar-refractivity contribution is 7.22. The molecule has 1 aliphatic heterocycles. The standard InChI is InChI=1S/C30H26F2N2O5S/c1-16(2)12-13-39-22-11-6-18(14-23(22)38-3)26-25(27(35)17-4-7-19(31)8-5-17)28(36)29(37)34(26)30-33-21-10-9-20(32)15-24(21)40-30/h4-11,14-16,26,35H,12-13H2,1-3H3/b27-25+. The van der Waals surface area contributed by atoms with Crippen molar-refractivity contribution in [1.82, 2.24) is 4.98 Å². The van der Waals surface area contributed by atoms with Crippen LogP contribution in [-0.4, -0.2) is 35.5 Å². The van der Waals surface area contributed by atoms with E-state index in [1.54, 1.807) is 18.2 Å². The molecule has 7 nitrogen and oxygen atoms in total. The topological polar surface area (TPSA) is 89.0 Å². The summed E-state index contributed by atoms with van der Waals surface area (Å²) in [6.45, 7) is 4.65. The Hall–Kier alpha value is -4.31. The van der Waals surface area contributed by atoms with E-state index in [-0.39, 0.29) is 16.3 Å². The molecule has 5 rings (SSSR count). The maximum Gasteiger partial charge on any atom is 0.301 e. The summed E-state index contributed by atoms with van der Waals surface area (Å²) in [5, 5.41) is 11.4. The highest BCUT2D eigenvalue weighted by Gasteiger charge is 2.48. The third-order valence-corrected chi connectivity index (χ3v) is 7.58. The smallest absolute Gasteiger partial charge is 0.301 e. The number of methoxy groups -OCH3 is 1. The van der Waals surface area contributed by atoms with Gasteiger partial charge >= 0.3 is 5.91 Å². The van der Waals surface area contributed by atoms with Crippen molar-refractivity contribution in [2.75, 3.05) is 18.6 Å². The summed E-state index contributed by atoms with van der Waals surface area (Å²) in [4.78, 5) is 32.6. The van der Waals surface area contributed by atoms with Crippen LogP contribution in [0.15, 0.2) is 66.2 Å².